The van der Waals surface area contributed by atoms with E-state index in [0.29, 0.717) is 25.9 Å². The minimum atomic E-state index is -0.665. The molecule has 0 saturated carbocycles. The summed E-state index contributed by atoms with van der Waals surface area (Å²) < 4.78 is 5.48. The highest BCUT2D eigenvalue weighted by Crippen LogP contribution is 2.20. The van der Waals surface area contributed by atoms with Gasteiger partial charge in [0.05, 0.1) is 25.4 Å². The topological polar surface area (TPSA) is 95.9 Å². The molecule has 0 aliphatic heterocycles. The summed E-state index contributed by atoms with van der Waals surface area (Å²) in [6.45, 7) is 4.95. The van der Waals surface area contributed by atoms with E-state index in [1.807, 2.05) is 0 Å². The molecule has 0 saturated heterocycles. The van der Waals surface area contributed by atoms with Crippen molar-refractivity contribution in [3.05, 3.63) is 36.5 Å². The number of aliphatic hydroxyl groups excluding tert-OH is 2. The van der Waals surface area contributed by atoms with Gasteiger partial charge in [0, 0.05) is 12.8 Å². The SMILES string of the molecule is CCCC/C=C\C/C=C\CCCCCCCC(=O)OCCCCCCCCCCCCCC/C=C\CCCCCCCCCCCCCCCCC(=O)NC(CO)C(O)CCCCCCCCCCCCCCCCCCCCCCCCCC. The molecule has 0 rings (SSSR count). The molecule has 6 heteroatoms. The lowest BCUT2D eigenvalue weighted by Crippen LogP contribution is -2.45. The van der Waals surface area contributed by atoms with Gasteiger partial charge in [0.25, 0.3) is 0 Å². The first kappa shape index (κ1) is 83.1. The maximum atomic E-state index is 12.6. The summed E-state index contributed by atoms with van der Waals surface area (Å²) in [5, 5.41) is 23.5. The predicted octanol–water partition coefficient (Wildman–Crippen LogP) is 25.4. The smallest absolute Gasteiger partial charge is 0.305 e. The van der Waals surface area contributed by atoms with Crippen LogP contribution in [0.5, 0.6) is 0 Å². The molecule has 0 aromatic rings. The van der Waals surface area contributed by atoms with Crippen LogP contribution in [0.3, 0.4) is 0 Å². The zero-order valence-electron chi connectivity index (χ0n) is 57.6. The second-order valence-electron chi connectivity index (χ2n) is 26.7. The van der Waals surface area contributed by atoms with E-state index in [2.05, 4.69) is 55.6 Å². The van der Waals surface area contributed by atoms with Crippen LogP contribution in [-0.2, 0) is 14.3 Å². The van der Waals surface area contributed by atoms with Gasteiger partial charge in [-0.1, -0.05) is 378 Å². The van der Waals surface area contributed by atoms with Crippen LogP contribution in [0, 0.1) is 0 Å². The third-order valence-corrected chi connectivity index (χ3v) is 18.2. The maximum Gasteiger partial charge on any atom is 0.305 e. The number of amides is 1. The second-order valence-corrected chi connectivity index (χ2v) is 26.7. The minimum absolute atomic E-state index is 0.00311. The summed E-state index contributed by atoms with van der Waals surface area (Å²) in [7, 11) is 0. The molecule has 85 heavy (non-hydrogen) atoms. The van der Waals surface area contributed by atoms with Gasteiger partial charge in [0.2, 0.25) is 5.91 Å². The fourth-order valence-corrected chi connectivity index (χ4v) is 12.2. The Hall–Kier alpha value is -1.92. The van der Waals surface area contributed by atoms with Gasteiger partial charge >= 0.3 is 5.97 Å². The van der Waals surface area contributed by atoms with Crippen molar-refractivity contribution in [2.24, 2.45) is 0 Å². The van der Waals surface area contributed by atoms with Crippen LogP contribution in [0.1, 0.15) is 431 Å². The molecule has 0 bridgehead atoms. The molecule has 0 spiro atoms. The Bertz CT molecular complexity index is 1380. The average Bonchev–Trinajstić information content (AvgIpc) is 3.51. The van der Waals surface area contributed by atoms with Gasteiger partial charge in [-0.25, -0.2) is 0 Å². The predicted molar refractivity (Wildman–Crippen MR) is 375 cm³/mol. The van der Waals surface area contributed by atoms with Crippen LogP contribution in [0.25, 0.3) is 0 Å². The van der Waals surface area contributed by atoms with E-state index in [-0.39, 0.29) is 18.5 Å². The van der Waals surface area contributed by atoms with Crippen molar-refractivity contribution in [2.45, 2.75) is 443 Å². The fourth-order valence-electron chi connectivity index (χ4n) is 12.2. The molecule has 2 atom stereocenters. The summed E-state index contributed by atoms with van der Waals surface area (Å²) in [6.07, 6.45) is 96.5. The van der Waals surface area contributed by atoms with Crippen molar-refractivity contribution < 1.29 is 24.5 Å². The third kappa shape index (κ3) is 71.0. The van der Waals surface area contributed by atoms with Crippen molar-refractivity contribution in [1.29, 1.82) is 0 Å². The van der Waals surface area contributed by atoms with Gasteiger partial charge in [-0.3, -0.25) is 9.59 Å². The Morgan fingerprint density at radius 3 is 0.941 bits per heavy atom. The quantitative estimate of drug-likeness (QED) is 0.0320. The van der Waals surface area contributed by atoms with Crippen LogP contribution in [0.15, 0.2) is 36.5 Å². The van der Waals surface area contributed by atoms with E-state index >= 15 is 0 Å². The van der Waals surface area contributed by atoms with Crippen LogP contribution < -0.4 is 5.32 Å². The number of rotatable bonds is 73. The highest BCUT2D eigenvalue weighted by Gasteiger charge is 2.20. The van der Waals surface area contributed by atoms with Gasteiger partial charge in [0.15, 0.2) is 0 Å². The second kappa shape index (κ2) is 74.5. The minimum Gasteiger partial charge on any atom is -0.466 e. The van der Waals surface area contributed by atoms with E-state index in [1.165, 1.54) is 347 Å². The molecule has 0 heterocycles. The van der Waals surface area contributed by atoms with E-state index in [9.17, 15) is 19.8 Å². The molecular weight excluding hydrogens is 1040 g/mol. The molecule has 0 aliphatic rings. The lowest BCUT2D eigenvalue weighted by Gasteiger charge is -2.22. The number of hydrogen-bond acceptors (Lipinski definition) is 5. The maximum absolute atomic E-state index is 12.6. The van der Waals surface area contributed by atoms with Crippen molar-refractivity contribution in [2.75, 3.05) is 13.2 Å². The van der Waals surface area contributed by atoms with Gasteiger partial charge in [0.1, 0.15) is 0 Å². The third-order valence-electron chi connectivity index (χ3n) is 18.2. The molecule has 0 fully saturated rings. The first-order valence-corrected chi connectivity index (χ1v) is 38.7. The van der Waals surface area contributed by atoms with Gasteiger partial charge < -0.3 is 20.3 Å². The monoisotopic (exact) mass is 1190 g/mol. The van der Waals surface area contributed by atoms with Crippen LogP contribution in [0.2, 0.25) is 0 Å². The Kier molecular flexibility index (Phi) is 72.9. The van der Waals surface area contributed by atoms with Gasteiger partial charge in [-0.05, 0) is 77.0 Å². The lowest BCUT2D eigenvalue weighted by atomic mass is 10.0. The van der Waals surface area contributed by atoms with E-state index < -0.39 is 12.1 Å². The molecule has 0 radical (unpaired) electrons. The molecule has 0 aliphatic carbocycles. The van der Waals surface area contributed by atoms with Crippen LogP contribution in [0.4, 0.5) is 0 Å². The summed E-state index contributed by atoms with van der Waals surface area (Å²) in [5.74, 6) is -0.0252. The Morgan fingerprint density at radius 1 is 0.329 bits per heavy atom. The molecule has 3 N–H and O–H groups in total. The van der Waals surface area contributed by atoms with Gasteiger partial charge in [-0.2, -0.15) is 0 Å². The molecule has 0 aromatic carbocycles. The number of hydrogen-bond donors (Lipinski definition) is 3. The highest BCUT2D eigenvalue weighted by atomic mass is 16.5. The first-order chi connectivity index (χ1) is 42.0. The van der Waals surface area contributed by atoms with Crippen LogP contribution >= 0.6 is 0 Å². The Balaban J connectivity index is 3.37. The van der Waals surface area contributed by atoms with Crippen molar-refractivity contribution in [1.82, 2.24) is 5.32 Å². The fraction of sp³-hybridized carbons (Fsp3) is 0.899. The van der Waals surface area contributed by atoms with E-state index in [0.717, 1.165) is 51.4 Å². The summed E-state index contributed by atoms with van der Waals surface area (Å²) in [6, 6.07) is -0.542. The summed E-state index contributed by atoms with van der Waals surface area (Å²) in [5.41, 5.74) is 0. The number of ether oxygens (including phenoxy) is 1. The standard InChI is InChI=1S/C79H151NO5/c1-3-5-7-9-11-13-15-17-19-20-21-22-23-32-35-38-41-44-47-51-55-59-63-67-71-77(82)76(75-81)80-78(83)72-68-64-60-56-52-48-45-42-39-36-33-30-28-26-24-25-27-29-31-34-37-40-43-46-50-54-58-62-66-70-74-85-79(84)73-69-65-61-57-53-49-18-16-14-12-10-8-6-4-2/h10,12,16,18,25,27,76-77,81-82H,3-9,11,13-15,17,19-24,26,28-75H2,1-2H3,(H,80,83)/b12-10-,18-16-,27-25-. The van der Waals surface area contributed by atoms with Gasteiger partial charge in [-0.15, -0.1) is 0 Å². The average molecular weight is 1200 g/mol. The number of nitrogens with one attached hydrogen (secondary N) is 1. The molecule has 6 nitrogen and oxygen atoms in total. The zero-order chi connectivity index (χ0) is 61.3. The Morgan fingerprint density at radius 2 is 0.600 bits per heavy atom. The summed E-state index contributed by atoms with van der Waals surface area (Å²) >= 11 is 0. The van der Waals surface area contributed by atoms with Crippen molar-refractivity contribution in [3.8, 4) is 0 Å². The lowest BCUT2D eigenvalue weighted by molar-refractivity contribution is -0.143. The molecule has 0 aromatic heterocycles. The number of unbranched alkanes of at least 4 members (excludes halogenated alkanes) is 56. The largest absolute Gasteiger partial charge is 0.466 e. The number of carbonyl (C=O) groups is 2. The van der Waals surface area contributed by atoms with E-state index in [1.54, 1.807) is 0 Å². The highest BCUT2D eigenvalue weighted by molar-refractivity contribution is 5.76. The number of carbonyl (C=O) groups excluding carboxylic acids is 2. The molecular formula is C79H151NO5. The Labute approximate surface area is 532 Å². The van der Waals surface area contributed by atoms with Crippen molar-refractivity contribution in [3.63, 3.8) is 0 Å². The van der Waals surface area contributed by atoms with Crippen LogP contribution in [-0.4, -0.2) is 47.4 Å². The molecule has 2 unspecified atom stereocenters. The number of allylic oxidation sites excluding steroid dienone is 6. The number of aliphatic hydroxyl groups is 2. The normalized spacial score (nSPS) is 12.7. The molecule has 502 valence electrons. The molecule has 1 amide bonds. The summed E-state index contributed by atoms with van der Waals surface area (Å²) in [4.78, 5) is 24.6. The van der Waals surface area contributed by atoms with Crippen molar-refractivity contribution >= 4 is 11.9 Å². The first-order valence-electron chi connectivity index (χ1n) is 38.7. The number of esters is 1. The zero-order valence-corrected chi connectivity index (χ0v) is 57.6. The van der Waals surface area contributed by atoms with E-state index in [4.69, 9.17) is 4.74 Å².